The maximum absolute atomic E-state index is 12.1. The van der Waals surface area contributed by atoms with Crippen LogP contribution in [0.4, 0.5) is 15.3 Å². The van der Waals surface area contributed by atoms with Crippen LogP contribution in [0.5, 0.6) is 11.5 Å². The Hall–Kier alpha value is -2.68. The second-order valence-corrected chi connectivity index (χ2v) is 7.79. The topological polar surface area (TPSA) is 92.4 Å². The Bertz CT molecular complexity index is 674. The van der Waals surface area contributed by atoms with Crippen LogP contribution in [-0.4, -0.2) is 81.0 Å². The number of anilines is 1. The van der Waals surface area contributed by atoms with Crippen LogP contribution in [-0.2, 0) is 4.74 Å². The van der Waals surface area contributed by atoms with E-state index >= 15 is 0 Å². The van der Waals surface area contributed by atoms with Gasteiger partial charge in [0.05, 0.1) is 14.2 Å². The lowest BCUT2D eigenvalue weighted by Gasteiger charge is -2.35. The zero-order valence-electron chi connectivity index (χ0n) is 17.9. The molecule has 1 aromatic rings. The summed E-state index contributed by atoms with van der Waals surface area (Å²) in [4.78, 5) is 28.2. The molecule has 1 fully saturated rings. The average Bonchev–Trinajstić information content (AvgIpc) is 2.66. The fourth-order valence-corrected chi connectivity index (χ4v) is 2.86. The van der Waals surface area contributed by atoms with Crippen LogP contribution < -0.4 is 20.1 Å². The van der Waals surface area contributed by atoms with Gasteiger partial charge in [-0.05, 0) is 20.8 Å². The first-order valence-electron chi connectivity index (χ1n) is 9.68. The number of amides is 3. The van der Waals surface area contributed by atoms with Crippen LogP contribution >= 0.6 is 0 Å². The normalized spacial score (nSPS) is 14.9. The molecular weight excluding hydrogens is 376 g/mol. The Morgan fingerprint density at radius 2 is 1.59 bits per heavy atom. The van der Waals surface area contributed by atoms with Crippen molar-refractivity contribution in [3.63, 3.8) is 0 Å². The second kappa shape index (κ2) is 10.2. The number of hydrogen-bond donors (Lipinski definition) is 2. The van der Waals surface area contributed by atoms with E-state index in [2.05, 4.69) is 15.5 Å². The number of hydrogen-bond acceptors (Lipinski definition) is 6. The van der Waals surface area contributed by atoms with Crippen molar-refractivity contribution < 1.29 is 23.8 Å². The standard InChI is InChI=1S/C20H32N4O5/c1-20(2,3)29-19(26)24-10-8-23(9-11-24)7-6-21-18(25)22-15-12-16(27-4)14-17(13-15)28-5/h12-14H,6-11H2,1-5H3,(H2,21,22,25). The third kappa shape index (κ3) is 7.69. The summed E-state index contributed by atoms with van der Waals surface area (Å²) in [6.45, 7) is 9.51. The first-order valence-corrected chi connectivity index (χ1v) is 9.68. The lowest BCUT2D eigenvalue weighted by molar-refractivity contribution is 0.0147. The zero-order valence-corrected chi connectivity index (χ0v) is 17.9. The number of carbonyl (C=O) groups excluding carboxylic acids is 2. The van der Waals surface area contributed by atoms with Gasteiger partial charge in [0.15, 0.2) is 0 Å². The highest BCUT2D eigenvalue weighted by atomic mass is 16.6. The molecule has 3 amide bonds. The van der Waals surface area contributed by atoms with Gasteiger partial charge >= 0.3 is 12.1 Å². The number of urea groups is 1. The van der Waals surface area contributed by atoms with Crippen LogP contribution in [0.15, 0.2) is 18.2 Å². The molecule has 0 aromatic heterocycles. The summed E-state index contributed by atoms with van der Waals surface area (Å²) in [5, 5.41) is 5.61. The largest absolute Gasteiger partial charge is 0.497 e. The Morgan fingerprint density at radius 1 is 1.00 bits per heavy atom. The minimum atomic E-state index is -0.488. The lowest BCUT2D eigenvalue weighted by Crippen LogP contribution is -2.51. The zero-order chi connectivity index (χ0) is 21.4. The van der Waals surface area contributed by atoms with E-state index in [0.717, 1.165) is 13.1 Å². The first kappa shape index (κ1) is 22.6. The van der Waals surface area contributed by atoms with Crippen molar-refractivity contribution in [1.82, 2.24) is 15.1 Å². The molecule has 1 saturated heterocycles. The van der Waals surface area contributed by atoms with Crippen molar-refractivity contribution in [3.8, 4) is 11.5 Å². The summed E-state index contributed by atoms with van der Waals surface area (Å²) >= 11 is 0. The molecule has 0 atom stereocenters. The Balaban J connectivity index is 1.70. The lowest BCUT2D eigenvalue weighted by atomic mass is 10.2. The minimum absolute atomic E-state index is 0.275. The van der Waals surface area contributed by atoms with Crippen LogP contribution in [0.2, 0.25) is 0 Å². The highest BCUT2D eigenvalue weighted by Gasteiger charge is 2.25. The molecule has 1 aliphatic heterocycles. The molecule has 0 bridgehead atoms. The van der Waals surface area contributed by atoms with Gasteiger partial charge < -0.3 is 29.7 Å². The number of piperazine rings is 1. The maximum atomic E-state index is 12.1. The van der Waals surface area contributed by atoms with Gasteiger partial charge in [-0.3, -0.25) is 4.90 Å². The van der Waals surface area contributed by atoms with E-state index in [1.54, 1.807) is 37.3 Å². The average molecular weight is 408 g/mol. The number of benzene rings is 1. The molecule has 1 heterocycles. The minimum Gasteiger partial charge on any atom is -0.497 e. The summed E-state index contributed by atoms with van der Waals surface area (Å²) in [5.74, 6) is 1.20. The number of nitrogens with one attached hydrogen (secondary N) is 2. The molecule has 0 unspecified atom stereocenters. The van der Waals surface area contributed by atoms with Gasteiger partial charge in [-0.15, -0.1) is 0 Å². The third-order valence-corrected chi connectivity index (χ3v) is 4.35. The third-order valence-electron chi connectivity index (χ3n) is 4.35. The van der Waals surface area contributed by atoms with Crippen molar-refractivity contribution >= 4 is 17.8 Å². The molecule has 162 valence electrons. The number of nitrogens with zero attached hydrogens (tertiary/aromatic N) is 2. The van der Waals surface area contributed by atoms with E-state index in [1.807, 2.05) is 20.8 Å². The summed E-state index contributed by atoms with van der Waals surface area (Å²) in [6, 6.07) is 4.88. The van der Waals surface area contributed by atoms with Gasteiger partial charge in [-0.2, -0.15) is 0 Å². The quantitative estimate of drug-likeness (QED) is 0.751. The highest BCUT2D eigenvalue weighted by Crippen LogP contribution is 2.25. The number of methoxy groups -OCH3 is 2. The van der Waals surface area contributed by atoms with Crippen molar-refractivity contribution in [3.05, 3.63) is 18.2 Å². The molecule has 29 heavy (non-hydrogen) atoms. The van der Waals surface area contributed by atoms with Crippen molar-refractivity contribution in [2.75, 3.05) is 58.8 Å². The molecule has 2 rings (SSSR count). The summed E-state index contributed by atoms with van der Waals surface area (Å²) in [7, 11) is 3.11. The summed E-state index contributed by atoms with van der Waals surface area (Å²) in [6.07, 6.45) is -0.275. The predicted octanol–water partition coefficient (Wildman–Crippen LogP) is 2.38. The maximum Gasteiger partial charge on any atom is 0.410 e. The van der Waals surface area contributed by atoms with E-state index in [4.69, 9.17) is 14.2 Å². The summed E-state index contributed by atoms with van der Waals surface area (Å²) in [5.41, 5.74) is 0.0999. The van der Waals surface area contributed by atoms with Gasteiger partial charge in [0.25, 0.3) is 0 Å². The molecule has 9 heteroatoms. The molecule has 2 N–H and O–H groups in total. The van der Waals surface area contributed by atoms with Gasteiger partial charge in [0, 0.05) is 63.2 Å². The van der Waals surface area contributed by atoms with Crippen LogP contribution in [0.1, 0.15) is 20.8 Å². The Kier molecular flexibility index (Phi) is 7.95. The van der Waals surface area contributed by atoms with Gasteiger partial charge in [0.2, 0.25) is 0 Å². The molecule has 9 nitrogen and oxygen atoms in total. The Morgan fingerprint density at radius 3 is 2.10 bits per heavy atom. The van der Waals surface area contributed by atoms with E-state index in [9.17, 15) is 9.59 Å². The predicted molar refractivity (Wildman–Crippen MR) is 111 cm³/mol. The molecule has 1 aliphatic rings. The molecule has 0 radical (unpaired) electrons. The number of ether oxygens (including phenoxy) is 3. The molecule has 1 aromatic carbocycles. The van der Waals surface area contributed by atoms with Gasteiger partial charge in [-0.25, -0.2) is 9.59 Å². The molecule has 0 spiro atoms. The highest BCUT2D eigenvalue weighted by molar-refractivity contribution is 5.89. The van der Waals surface area contributed by atoms with Crippen LogP contribution in [0.3, 0.4) is 0 Å². The van der Waals surface area contributed by atoms with Gasteiger partial charge in [-0.1, -0.05) is 0 Å². The van der Waals surface area contributed by atoms with E-state index in [-0.39, 0.29) is 12.1 Å². The molecule has 0 aliphatic carbocycles. The fraction of sp³-hybridized carbons (Fsp3) is 0.600. The Labute approximate surface area is 172 Å². The van der Waals surface area contributed by atoms with Crippen molar-refractivity contribution in [1.29, 1.82) is 0 Å². The van der Waals surface area contributed by atoms with E-state index < -0.39 is 5.60 Å². The smallest absolute Gasteiger partial charge is 0.410 e. The van der Waals surface area contributed by atoms with E-state index in [1.165, 1.54) is 0 Å². The SMILES string of the molecule is COc1cc(NC(=O)NCCN2CCN(C(=O)OC(C)(C)C)CC2)cc(OC)c1. The molecule has 0 saturated carbocycles. The van der Waals surface area contributed by atoms with Crippen molar-refractivity contribution in [2.45, 2.75) is 26.4 Å². The monoisotopic (exact) mass is 408 g/mol. The van der Waals surface area contributed by atoms with Crippen LogP contribution in [0, 0.1) is 0 Å². The number of rotatable bonds is 6. The van der Waals surface area contributed by atoms with Gasteiger partial charge in [0.1, 0.15) is 17.1 Å². The summed E-state index contributed by atoms with van der Waals surface area (Å²) < 4.78 is 15.8. The first-order chi connectivity index (χ1) is 13.7. The second-order valence-electron chi connectivity index (χ2n) is 7.79. The molecular formula is C20H32N4O5. The van der Waals surface area contributed by atoms with Crippen LogP contribution in [0.25, 0.3) is 0 Å². The number of carbonyl (C=O) groups is 2. The van der Waals surface area contributed by atoms with Crippen molar-refractivity contribution in [2.24, 2.45) is 0 Å². The fourth-order valence-electron chi connectivity index (χ4n) is 2.86. The van der Waals surface area contributed by atoms with E-state index in [0.29, 0.717) is 43.4 Å².